The number of fused-ring (bicyclic) bond motifs is 3. The number of rotatable bonds is 4. The van der Waals surface area contributed by atoms with Gasteiger partial charge in [0.2, 0.25) is 0 Å². The summed E-state index contributed by atoms with van der Waals surface area (Å²) in [7, 11) is 1.42. The Kier molecular flexibility index (Phi) is 5.61. The molecular weight excluding hydrogens is 456 g/mol. The molecule has 180 valence electrons. The first-order valence-corrected chi connectivity index (χ1v) is 12.4. The van der Waals surface area contributed by atoms with Gasteiger partial charge in [-0.15, -0.1) is 0 Å². The van der Waals surface area contributed by atoms with Crippen LogP contribution in [0.4, 0.5) is 0 Å². The van der Waals surface area contributed by atoms with Gasteiger partial charge in [0, 0.05) is 27.6 Å². The summed E-state index contributed by atoms with van der Waals surface area (Å²) in [5.74, 6) is 0.277. The number of methoxy groups -OCH3 is 1. The summed E-state index contributed by atoms with van der Waals surface area (Å²) in [6.07, 6.45) is 4.09. The van der Waals surface area contributed by atoms with Gasteiger partial charge in [0.25, 0.3) is 0 Å². The van der Waals surface area contributed by atoms with Gasteiger partial charge in [-0.25, -0.2) is 4.79 Å². The second-order valence-electron chi connectivity index (χ2n) is 9.30. The highest BCUT2D eigenvalue weighted by atomic mass is 16.5. The Labute approximate surface area is 216 Å². The Hall–Kier alpha value is -4.63. The van der Waals surface area contributed by atoms with E-state index in [1.807, 2.05) is 72.8 Å². The van der Waals surface area contributed by atoms with Gasteiger partial charge in [0.05, 0.1) is 12.7 Å². The third-order valence-corrected chi connectivity index (χ3v) is 7.09. The van der Waals surface area contributed by atoms with Crippen molar-refractivity contribution in [3.05, 3.63) is 143 Å². The maximum absolute atomic E-state index is 13.4. The lowest BCUT2D eigenvalue weighted by Gasteiger charge is -2.37. The number of carbonyl (C=O) groups excluding carboxylic acids is 1. The van der Waals surface area contributed by atoms with Crippen LogP contribution in [0.2, 0.25) is 0 Å². The molecule has 0 N–H and O–H groups in total. The van der Waals surface area contributed by atoms with Crippen molar-refractivity contribution in [2.75, 3.05) is 7.11 Å². The molecule has 0 radical (unpaired) electrons. The molecule has 0 bridgehead atoms. The molecule has 1 unspecified atom stereocenters. The van der Waals surface area contributed by atoms with Crippen LogP contribution in [0.15, 0.2) is 115 Å². The molecule has 6 rings (SSSR count). The van der Waals surface area contributed by atoms with E-state index < -0.39 is 11.6 Å². The SMILES string of the molecule is COC(=O)c1c2c(c3ccccc3c1-c1ccccc1)OC(c1ccccc1)(c1ccc(C)cc1)C=C2. The number of aryl methyl sites for hydroxylation is 1. The van der Waals surface area contributed by atoms with Gasteiger partial charge >= 0.3 is 5.97 Å². The Morgan fingerprint density at radius 1 is 0.730 bits per heavy atom. The van der Waals surface area contributed by atoms with Gasteiger partial charge in [-0.2, -0.15) is 0 Å². The molecule has 1 aliphatic heterocycles. The van der Waals surface area contributed by atoms with Crippen molar-refractivity contribution in [3.63, 3.8) is 0 Å². The lowest BCUT2D eigenvalue weighted by molar-refractivity contribution is 0.0600. The summed E-state index contributed by atoms with van der Waals surface area (Å²) < 4.78 is 12.4. The minimum absolute atomic E-state index is 0.392. The molecule has 0 saturated heterocycles. The monoisotopic (exact) mass is 482 g/mol. The average molecular weight is 483 g/mol. The molecule has 0 aromatic heterocycles. The summed E-state index contributed by atoms with van der Waals surface area (Å²) in [4.78, 5) is 13.4. The smallest absolute Gasteiger partial charge is 0.339 e. The van der Waals surface area contributed by atoms with Crippen LogP contribution in [0.3, 0.4) is 0 Å². The molecule has 1 atom stereocenters. The largest absolute Gasteiger partial charge is 0.472 e. The average Bonchev–Trinajstić information content (AvgIpc) is 2.97. The maximum atomic E-state index is 13.4. The highest BCUT2D eigenvalue weighted by Gasteiger charge is 2.39. The second-order valence-corrected chi connectivity index (χ2v) is 9.30. The van der Waals surface area contributed by atoms with E-state index in [2.05, 4.69) is 55.5 Å². The minimum atomic E-state index is -0.855. The van der Waals surface area contributed by atoms with E-state index in [0.29, 0.717) is 11.3 Å². The summed E-state index contributed by atoms with van der Waals surface area (Å²) in [5, 5.41) is 1.88. The van der Waals surface area contributed by atoms with E-state index in [4.69, 9.17) is 9.47 Å². The number of ether oxygens (including phenoxy) is 2. The zero-order valence-electron chi connectivity index (χ0n) is 20.8. The lowest BCUT2D eigenvalue weighted by atomic mass is 9.81. The van der Waals surface area contributed by atoms with Gasteiger partial charge in [-0.3, -0.25) is 0 Å². The standard InChI is InChI=1S/C34H26O3/c1-23-17-19-26(20-18-23)34(25-13-7-4-8-14-25)22-21-29-31(33(35)36-2)30(24-11-5-3-6-12-24)27-15-9-10-16-28(27)32(29)37-34/h3-22H,1-2H3. The molecule has 1 aliphatic rings. The Morgan fingerprint density at radius 2 is 1.32 bits per heavy atom. The van der Waals surface area contributed by atoms with Crippen LogP contribution in [-0.2, 0) is 10.3 Å². The summed E-state index contributed by atoms with van der Waals surface area (Å²) >= 11 is 0. The molecular formula is C34H26O3. The normalized spacial score (nSPS) is 16.2. The van der Waals surface area contributed by atoms with Gasteiger partial charge in [-0.1, -0.05) is 115 Å². The van der Waals surface area contributed by atoms with Crippen LogP contribution in [0.5, 0.6) is 5.75 Å². The molecule has 0 saturated carbocycles. The summed E-state index contributed by atoms with van der Waals surface area (Å²) in [6.45, 7) is 2.08. The predicted molar refractivity (Wildman–Crippen MR) is 149 cm³/mol. The zero-order valence-corrected chi connectivity index (χ0v) is 20.8. The van der Waals surface area contributed by atoms with E-state index in [-0.39, 0.29) is 0 Å². The van der Waals surface area contributed by atoms with E-state index in [1.165, 1.54) is 12.7 Å². The van der Waals surface area contributed by atoms with Crippen molar-refractivity contribution >= 4 is 22.8 Å². The number of benzene rings is 5. The molecule has 3 nitrogen and oxygen atoms in total. The van der Waals surface area contributed by atoms with Crippen LogP contribution in [0, 0.1) is 6.92 Å². The van der Waals surface area contributed by atoms with Crippen LogP contribution < -0.4 is 4.74 Å². The first-order chi connectivity index (χ1) is 18.1. The van der Waals surface area contributed by atoms with Crippen molar-refractivity contribution in [3.8, 4) is 16.9 Å². The molecule has 5 aromatic rings. The molecule has 0 spiro atoms. The number of hydrogen-bond acceptors (Lipinski definition) is 3. The van der Waals surface area contributed by atoms with Gasteiger partial charge in [-0.05, 0) is 30.0 Å². The van der Waals surface area contributed by atoms with Gasteiger partial charge < -0.3 is 9.47 Å². The van der Waals surface area contributed by atoms with E-state index in [1.54, 1.807) is 0 Å². The molecule has 5 aromatic carbocycles. The van der Waals surface area contributed by atoms with Crippen LogP contribution >= 0.6 is 0 Å². The van der Waals surface area contributed by atoms with Crippen molar-refractivity contribution < 1.29 is 14.3 Å². The van der Waals surface area contributed by atoms with E-state index in [0.717, 1.165) is 38.6 Å². The van der Waals surface area contributed by atoms with Crippen LogP contribution in [0.25, 0.3) is 28.0 Å². The topological polar surface area (TPSA) is 35.5 Å². The summed E-state index contributed by atoms with van der Waals surface area (Å²) in [6, 6.07) is 36.7. The van der Waals surface area contributed by atoms with Crippen LogP contribution in [0.1, 0.15) is 32.6 Å². The fourth-order valence-electron chi connectivity index (χ4n) is 5.27. The quantitative estimate of drug-likeness (QED) is 0.244. The molecule has 0 amide bonds. The first-order valence-electron chi connectivity index (χ1n) is 12.4. The molecule has 37 heavy (non-hydrogen) atoms. The Balaban J connectivity index is 1.70. The predicted octanol–water partition coefficient (Wildman–Crippen LogP) is 7.95. The third kappa shape index (κ3) is 3.71. The second kappa shape index (κ2) is 9.11. The first kappa shape index (κ1) is 22.8. The third-order valence-electron chi connectivity index (χ3n) is 7.09. The fraction of sp³-hybridized carbons (Fsp3) is 0.0882. The van der Waals surface area contributed by atoms with E-state index in [9.17, 15) is 4.79 Å². The highest BCUT2D eigenvalue weighted by Crippen LogP contribution is 2.49. The van der Waals surface area contributed by atoms with Crippen molar-refractivity contribution in [1.82, 2.24) is 0 Å². The highest BCUT2D eigenvalue weighted by molar-refractivity contribution is 6.14. The van der Waals surface area contributed by atoms with Gasteiger partial charge in [0.15, 0.2) is 5.60 Å². The molecule has 1 heterocycles. The molecule has 0 aliphatic carbocycles. The number of carbonyl (C=O) groups is 1. The Bertz CT molecular complexity index is 1630. The molecule has 3 heteroatoms. The summed E-state index contributed by atoms with van der Waals surface area (Å²) in [5.41, 5.74) is 5.38. The van der Waals surface area contributed by atoms with Gasteiger partial charge in [0.1, 0.15) is 5.75 Å². The number of esters is 1. The fourth-order valence-corrected chi connectivity index (χ4v) is 5.27. The number of hydrogen-bond donors (Lipinski definition) is 0. The van der Waals surface area contributed by atoms with Crippen molar-refractivity contribution in [2.24, 2.45) is 0 Å². The van der Waals surface area contributed by atoms with Crippen molar-refractivity contribution in [2.45, 2.75) is 12.5 Å². The zero-order chi connectivity index (χ0) is 25.4. The molecule has 0 fully saturated rings. The van der Waals surface area contributed by atoms with Crippen LogP contribution in [-0.4, -0.2) is 13.1 Å². The minimum Gasteiger partial charge on any atom is -0.472 e. The van der Waals surface area contributed by atoms with E-state index >= 15 is 0 Å². The lowest BCUT2D eigenvalue weighted by Crippen LogP contribution is -2.34. The maximum Gasteiger partial charge on any atom is 0.339 e. The van der Waals surface area contributed by atoms with Crippen molar-refractivity contribution in [1.29, 1.82) is 0 Å². The Morgan fingerprint density at radius 3 is 2.00 bits per heavy atom.